The van der Waals surface area contributed by atoms with Crippen molar-refractivity contribution in [2.75, 3.05) is 6.54 Å². The molecule has 1 unspecified atom stereocenters. The Morgan fingerprint density at radius 2 is 2.17 bits per heavy atom. The Bertz CT molecular complexity index is 821. The second-order valence-electron chi connectivity index (χ2n) is 6.13. The molecule has 1 atom stereocenters. The van der Waals surface area contributed by atoms with Crippen molar-refractivity contribution < 1.29 is 0 Å². The Balaban J connectivity index is 1.63. The summed E-state index contributed by atoms with van der Waals surface area (Å²) >= 11 is 8.23. The van der Waals surface area contributed by atoms with Gasteiger partial charge >= 0.3 is 0 Å². The molecule has 0 amide bonds. The Kier molecular flexibility index (Phi) is 3.87. The third-order valence-corrected chi connectivity index (χ3v) is 6.20. The summed E-state index contributed by atoms with van der Waals surface area (Å²) in [5, 5.41) is 6.40. The number of benzene rings is 1. The van der Waals surface area contributed by atoms with Crippen LogP contribution in [0.25, 0.3) is 10.2 Å². The molecule has 0 radical (unpaired) electrons. The highest BCUT2D eigenvalue weighted by Crippen LogP contribution is 2.38. The van der Waals surface area contributed by atoms with E-state index in [0.29, 0.717) is 6.04 Å². The van der Waals surface area contributed by atoms with Crippen LogP contribution in [0.5, 0.6) is 0 Å². The number of nitrogens with zero attached hydrogens (tertiary/aromatic N) is 4. The molecule has 0 saturated carbocycles. The van der Waals surface area contributed by atoms with E-state index in [2.05, 4.69) is 34.3 Å². The van der Waals surface area contributed by atoms with Gasteiger partial charge in [-0.1, -0.05) is 23.7 Å². The highest BCUT2D eigenvalue weighted by atomic mass is 35.5. The fraction of sp³-hybridized carbons (Fsp3) is 0.412. The van der Waals surface area contributed by atoms with Gasteiger partial charge in [-0.3, -0.25) is 9.58 Å². The zero-order valence-corrected chi connectivity index (χ0v) is 14.9. The van der Waals surface area contributed by atoms with E-state index in [-0.39, 0.29) is 0 Å². The summed E-state index contributed by atoms with van der Waals surface area (Å²) in [5.74, 6) is 0. The molecular formula is C17H19ClN4S. The van der Waals surface area contributed by atoms with Gasteiger partial charge in [0.2, 0.25) is 0 Å². The van der Waals surface area contributed by atoms with Crippen molar-refractivity contribution in [2.45, 2.75) is 32.4 Å². The van der Waals surface area contributed by atoms with Crippen LogP contribution in [0.1, 0.15) is 35.1 Å². The molecule has 2 aromatic heterocycles. The molecule has 0 bridgehead atoms. The van der Waals surface area contributed by atoms with Crippen molar-refractivity contribution in [3.8, 4) is 0 Å². The maximum absolute atomic E-state index is 6.41. The largest absolute Gasteiger partial charge is 0.290 e. The van der Waals surface area contributed by atoms with Gasteiger partial charge < -0.3 is 0 Å². The number of para-hydroxylation sites is 1. The molecule has 6 heteroatoms. The first-order chi connectivity index (χ1) is 11.1. The van der Waals surface area contributed by atoms with Crippen LogP contribution < -0.4 is 0 Å². The van der Waals surface area contributed by atoms with E-state index in [4.69, 9.17) is 16.6 Å². The van der Waals surface area contributed by atoms with Crippen molar-refractivity contribution in [3.63, 3.8) is 0 Å². The minimum atomic E-state index is 0.392. The second kappa shape index (κ2) is 5.89. The summed E-state index contributed by atoms with van der Waals surface area (Å²) in [5.41, 5.74) is 3.27. The summed E-state index contributed by atoms with van der Waals surface area (Å²) in [6.45, 7) is 3.97. The number of aromatic nitrogens is 3. The van der Waals surface area contributed by atoms with Crippen LogP contribution in [0.3, 0.4) is 0 Å². The first-order valence-corrected chi connectivity index (χ1v) is 9.10. The van der Waals surface area contributed by atoms with Crippen LogP contribution in [-0.2, 0) is 13.6 Å². The number of halogens is 1. The summed E-state index contributed by atoms with van der Waals surface area (Å²) in [6, 6.07) is 8.77. The van der Waals surface area contributed by atoms with E-state index in [0.717, 1.165) is 41.4 Å². The molecule has 4 nitrogen and oxygen atoms in total. The van der Waals surface area contributed by atoms with Gasteiger partial charge in [-0.2, -0.15) is 5.10 Å². The van der Waals surface area contributed by atoms with E-state index in [1.165, 1.54) is 16.1 Å². The maximum atomic E-state index is 6.41. The molecule has 3 aromatic rings. The number of aryl methyl sites for hydroxylation is 2. The van der Waals surface area contributed by atoms with Crippen molar-refractivity contribution in [1.29, 1.82) is 0 Å². The van der Waals surface area contributed by atoms with Crippen LogP contribution in [0, 0.1) is 6.92 Å². The van der Waals surface area contributed by atoms with Crippen molar-refractivity contribution in [1.82, 2.24) is 19.7 Å². The number of hydrogen-bond acceptors (Lipinski definition) is 4. The first kappa shape index (κ1) is 15.1. The Hall–Kier alpha value is -1.43. The Labute approximate surface area is 144 Å². The smallest absolute Gasteiger partial charge is 0.131 e. The average molecular weight is 347 g/mol. The number of thiazole rings is 1. The molecular weight excluding hydrogens is 328 g/mol. The molecule has 3 heterocycles. The Morgan fingerprint density at radius 1 is 1.35 bits per heavy atom. The lowest BCUT2D eigenvalue weighted by Gasteiger charge is -2.22. The lowest BCUT2D eigenvalue weighted by molar-refractivity contribution is 0.248. The van der Waals surface area contributed by atoms with Crippen molar-refractivity contribution >= 4 is 33.2 Å². The molecule has 0 N–H and O–H groups in total. The normalized spacial score (nSPS) is 19.0. The van der Waals surface area contributed by atoms with Crippen LogP contribution in [0.15, 0.2) is 24.3 Å². The van der Waals surface area contributed by atoms with E-state index < -0.39 is 0 Å². The molecule has 1 aliphatic rings. The average Bonchev–Trinajstić information content (AvgIpc) is 3.22. The topological polar surface area (TPSA) is 34.0 Å². The van der Waals surface area contributed by atoms with Crippen molar-refractivity contribution in [3.05, 3.63) is 45.7 Å². The fourth-order valence-electron chi connectivity index (χ4n) is 3.38. The summed E-state index contributed by atoms with van der Waals surface area (Å²) in [4.78, 5) is 7.35. The lowest BCUT2D eigenvalue weighted by atomic mass is 10.2. The van der Waals surface area contributed by atoms with E-state index in [1.807, 2.05) is 25.3 Å². The first-order valence-electron chi connectivity index (χ1n) is 7.91. The quantitative estimate of drug-likeness (QED) is 0.708. The third-order valence-electron chi connectivity index (χ3n) is 4.59. The van der Waals surface area contributed by atoms with E-state index in [9.17, 15) is 0 Å². The zero-order valence-electron chi connectivity index (χ0n) is 13.3. The van der Waals surface area contributed by atoms with Gasteiger partial charge in [0, 0.05) is 19.2 Å². The molecule has 4 rings (SSSR count). The van der Waals surface area contributed by atoms with Gasteiger partial charge in [-0.25, -0.2) is 4.98 Å². The van der Waals surface area contributed by atoms with Crippen LogP contribution in [0.4, 0.5) is 0 Å². The summed E-state index contributed by atoms with van der Waals surface area (Å²) < 4.78 is 3.03. The zero-order chi connectivity index (χ0) is 16.0. The van der Waals surface area contributed by atoms with Gasteiger partial charge in [0.15, 0.2) is 0 Å². The minimum Gasteiger partial charge on any atom is -0.290 e. The molecule has 1 aromatic carbocycles. The molecule has 1 aliphatic heterocycles. The van der Waals surface area contributed by atoms with Crippen molar-refractivity contribution in [2.24, 2.45) is 7.05 Å². The van der Waals surface area contributed by atoms with Gasteiger partial charge in [0.1, 0.15) is 10.2 Å². The maximum Gasteiger partial charge on any atom is 0.131 e. The second-order valence-corrected chi connectivity index (χ2v) is 7.55. The number of fused-ring (bicyclic) bond motifs is 1. The monoisotopic (exact) mass is 346 g/mol. The summed E-state index contributed by atoms with van der Waals surface area (Å²) in [7, 11) is 1.90. The molecule has 0 aliphatic carbocycles. The Morgan fingerprint density at radius 3 is 2.91 bits per heavy atom. The van der Waals surface area contributed by atoms with Gasteiger partial charge in [0.05, 0.1) is 22.0 Å². The molecule has 23 heavy (non-hydrogen) atoms. The highest BCUT2D eigenvalue weighted by molar-refractivity contribution is 7.18. The summed E-state index contributed by atoms with van der Waals surface area (Å²) in [6.07, 6.45) is 2.37. The lowest BCUT2D eigenvalue weighted by Crippen LogP contribution is -2.23. The predicted molar refractivity (Wildman–Crippen MR) is 95.0 cm³/mol. The number of rotatable bonds is 3. The molecule has 0 spiro atoms. The van der Waals surface area contributed by atoms with Crippen LogP contribution in [-0.4, -0.2) is 26.2 Å². The van der Waals surface area contributed by atoms with Crippen LogP contribution in [0.2, 0.25) is 5.15 Å². The standard InChI is InChI=1S/C17H19ClN4S/c1-11-12(16(18)21(2)20-11)10-22-9-5-7-14(22)17-19-13-6-3-4-8-15(13)23-17/h3-4,6,8,14H,5,7,9-10H2,1-2H3. The van der Waals surface area contributed by atoms with Gasteiger partial charge in [0.25, 0.3) is 0 Å². The van der Waals surface area contributed by atoms with E-state index >= 15 is 0 Å². The van der Waals surface area contributed by atoms with Gasteiger partial charge in [-0.05, 0) is 38.4 Å². The SMILES string of the molecule is Cc1nn(C)c(Cl)c1CN1CCCC1c1nc2ccccc2s1. The van der Waals surface area contributed by atoms with Gasteiger partial charge in [-0.15, -0.1) is 11.3 Å². The van der Waals surface area contributed by atoms with E-state index in [1.54, 1.807) is 4.68 Å². The number of likely N-dealkylation sites (tertiary alicyclic amines) is 1. The molecule has 1 saturated heterocycles. The number of hydrogen-bond donors (Lipinski definition) is 0. The molecule has 120 valence electrons. The highest BCUT2D eigenvalue weighted by Gasteiger charge is 2.30. The van der Waals surface area contributed by atoms with Crippen LogP contribution >= 0.6 is 22.9 Å². The molecule has 1 fully saturated rings. The minimum absolute atomic E-state index is 0.392. The fourth-order valence-corrected chi connectivity index (χ4v) is 4.76. The predicted octanol–water partition coefficient (Wildman–Crippen LogP) is 4.33. The third kappa shape index (κ3) is 2.67.